The first-order valence-electron chi connectivity index (χ1n) is 11.8. The number of imidazole rings is 1. The molecule has 0 spiro atoms. The number of fused-ring (bicyclic) bond motifs is 1. The predicted molar refractivity (Wildman–Crippen MR) is 139 cm³/mol. The highest BCUT2D eigenvalue weighted by atomic mass is 35.5. The molecule has 0 saturated heterocycles. The highest BCUT2D eigenvalue weighted by Gasteiger charge is 2.35. The molecular formula is C26H21ClN8O3. The average Bonchev–Trinajstić information content (AvgIpc) is 3.69. The van der Waals surface area contributed by atoms with E-state index in [0.717, 1.165) is 50.4 Å². The maximum Gasteiger partial charge on any atom is 0.411 e. The minimum atomic E-state index is -1.03. The molecule has 2 aromatic carbocycles. The van der Waals surface area contributed by atoms with Gasteiger partial charge in [0.05, 0.1) is 11.4 Å². The van der Waals surface area contributed by atoms with Crippen molar-refractivity contribution in [1.82, 2.24) is 30.2 Å². The normalized spacial score (nSPS) is 14.4. The number of pyridine rings is 1. The molecule has 12 heteroatoms. The molecule has 1 aliphatic rings. The molecule has 2 N–H and O–H groups in total. The highest BCUT2D eigenvalue weighted by Crippen LogP contribution is 2.38. The second kappa shape index (κ2) is 9.27. The van der Waals surface area contributed by atoms with E-state index in [0.29, 0.717) is 27.9 Å². The molecular weight excluding hydrogens is 508 g/mol. The molecule has 38 heavy (non-hydrogen) atoms. The molecule has 0 bridgehead atoms. The van der Waals surface area contributed by atoms with Crippen molar-refractivity contribution in [3.63, 3.8) is 0 Å². The Kier molecular flexibility index (Phi) is 5.76. The summed E-state index contributed by atoms with van der Waals surface area (Å²) in [6.45, 7) is 0. The number of halogens is 1. The second-order valence-electron chi connectivity index (χ2n) is 9.03. The van der Waals surface area contributed by atoms with Crippen LogP contribution in [0, 0.1) is 5.21 Å². The lowest BCUT2D eigenvalue weighted by molar-refractivity contribution is -0.614. The minimum Gasteiger partial charge on any atom is -0.618 e. The Hall–Kier alpha value is -4.77. The van der Waals surface area contributed by atoms with Crippen LogP contribution in [0.1, 0.15) is 29.4 Å². The van der Waals surface area contributed by atoms with Crippen LogP contribution in [0.4, 0.5) is 10.5 Å². The third kappa shape index (κ3) is 4.12. The van der Waals surface area contributed by atoms with Crippen molar-refractivity contribution in [2.24, 2.45) is 0 Å². The van der Waals surface area contributed by atoms with E-state index >= 15 is 0 Å². The summed E-state index contributed by atoms with van der Waals surface area (Å²) in [5.41, 5.74) is 5.92. The van der Waals surface area contributed by atoms with Crippen LogP contribution in [0.3, 0.4) is 0 Å². The number of aryl methyl sites for hydroxylation is 1. The lowest BCUT2D eigenvalue weighted by Crippen LogP contribution is -2.33. The van der Waals surface area contributed by atoms with Crippen molar-refractivity contribution in [3.05, 3.63) is 94.6 Å². The fourth-order valence-corrected chi connectivity index (χ4v) is 5.08. The van der Waals surface area contributed by atoms with E-state index in [9.17, 15) is 10.0 Å². The van der Waals surface area contributed by atoms with Gasteiger partial charge in [0.2, 0.25) is 5.69 Å². The summed E-state index contributed by atoms with van der Waals surface area (Å²) < 4.78 is 2.46. The average molecular weight is 529 g/mol. The molecule has 0 saturated carbocycles. The van der Waals surface area contributed by atoms with E-state index in [1.807, 2.05) is 24.3 Å². The van der Waals surface area contributed by atoms with Crippen molar-refractivity contribution in [3.8, 4) is 28.1 Å². The zero-order chi connectivity index (χ0) is 26.4. The Bertz CT molecular complexity index is 1650. The molecule has 1 aliphatic carbocycles. The fraction of sp³-hybridized carbons (Fsp3) is 0.154. The number of carboxylic acid groups (broad SMARTS) is 1. The van der Waals surface area contributed by atoms with Crippen LogP contribution >= 0.6 is 11.6 Å². The molecule has 1 unspecified atom stereocenters. The molecule has 0 fully saturated rings. The van der Waals surface area contributed by atoms with Crippen molar-refractivity contribution in [2.45, 2.75) is 18.8 Å². The van der Waals surface area contributed by atoms with Crippen molar-refractivity contribution in [2.75, 3.05) is 11.9 Å². The highest BCUT2D eigenvalue weighted by molar-refractivity contribution is 6.31. The minimum absolute atomic E-state index is 0.180. The number of carbonyl (C=O) groups is 1. The quantitative estimate of drug-likeness (QED) is 0.257. The van der Waals surface area contributed by atoms with E-state index in [2.05, 4.69) is 20.5 Å². The maximum absolute atomic E-state index is 13.3. The Morgan fingerprint density at radius 2 is 2.03 bits per heavy atom. The Balaban J connectivity index is 1.31. The first-order chi connectivity index (χ1) is 18.4. The first-order valence-corrected chi connectivity index (χ1v) is 12.2. The summed E-state index contributed by atoms with van der Waals surface area (Å²) in [4.78, 5) is 20.3. The van der Waals surface area contributed by atoms with E-state index in [4.69, 9.17) is 21.7 Å². The SMILES string of the molecule is CN(C(=O)O)c1ccc(-c2c[nH]c(C3CCc4cc(-c5cc(Cl)ccc5-n5cnnn5)c[n+]([O-])c43)n2)cc1. The molecule has 1 atom stereocenters. The van der Waals surface area contributed by atoms with Gasteiger partial charge in [-0.3, -0.25) is 4.90 Å². The third-order valence-corrected chi connectivity index (χ3v) is 7.05. The molecule has 3 heterocycles. The van der Waals surface area contributed by atoms with Gasteiger partial charge in [-0.1, -0.05) is 23.7 Å². The van der Waals surface area contributed by atoms with Gasteiger partial charge in [-0.05, 0) is 59.7 Å². The van der Waals surface area contributed by atoms with E-state index in [-0.39, 0.29) is 5.92 Å². The van der Waals surface area contributed by atoms with Crippen LogP contribution in [0.15, 0.2) is 67.3 Å². The molecule has 0 radical (unpaired) electrons. The van der Waals surface area contributed by atoms with Gasteiger partial charge in [-0.25, -0.2) is 9.78 Å². The van der Waals surface area contributed by atoms with Crippen molar-refractivity contribution >= 4 is 23.4 Å². The standard InChI is InChI=1S/C26H21ClN8O3/c1-33(26(36)37)19-6-2-15(3-7-19)22-12-28-25(30-22)20-8-4-16-10-17(13-35(38)24(16)20)21-11-18(27)5-9-23(21)34-14-29-31-32-34/h2-3,5-7,9-14,20H,4,8H2,1H3,(H,28,30)(H,36,37). The summed E-state index contributed by atoms with van der Waals surface area (Å²) in [5.74, 6) is 0.529. The van der Waals surface area contributed by atoms with Gasteiger partial charge in [0.1, 0.15) is 18.1 Å². The molecule has 3 aromatic heterocycles. The summed E-state index contributed by atoms with van der Waals surface area (Å²) in [5, 5.41) is 34.5. The van der Waals surface area contributed by atoms with E-state index < -0.39 is 6.09 Å². The van der Waals surface area contributed by atoms with Gasteiger partial charge in [0.25, 0.3) is 0 Å². The zero-order valence-electron chi connectivity index (χ0n) is 20.1. The monoisotopic (exact) mass is 528 g/mol. The van der Waals surface area contributed by atoms with Crippen LogP contribution in [-0.2, 0) is 6.42 Å². The molecule has 1 amide bonds. The largest absolute Gasteiger partial charge is 0.618 e. The maximum atomic E-state index is 13.3. The summed E-state index contributed by atoms with van der Waals surface area (Å²) in [7, 11) is 1.49. The number of amides is 1. The molecule has 0 aliphatic heterocycles. The number of aromatic amines is 1. The number of tetrazole rings is 1. The Labute approximate surface area is 221 Å². The van der Waals surface area contributed by atoms with Crippen molar-refractivity contribution < 1.29 is 14.6 Å². The van der Waals surface area contributed by atoms with Gasteiger partial charge in [-0.15, -0.1) is 5.10 Å². The number of nitrogens with zero attached hydrogens (tertiary/aromatic N) is 7. The Morgan fingerprint density at radius 3 is 2.76 bits per heavy atom. The van der Waals surface area contributed by atoms with Crippen LogP contribution < -0.4 is 9.63 Å². The molecule has 6 rings (SSSR count). The zero-order valence-corrected chi connectivity index (χ0v) is 20.9. The summed E-state index contributed by atoms with van der Waals surface area (Å²) in [6.07, 6.45) is 5.29. The third-order valence-electron chi connectivity index (χ3n) is 6.82. The number of hydrogen-bond acceptors (Lipinski definition) is 6. The number of aromatic nitrogens is 7. The van der Waals surface area contributed by atoms with E-state index in [1.165, 1.54) is 18.1 Å². The van der Waals surface area contributed by atoms with Gasteiger partial charge in [-0.2, -0.15) is 9.41 Å². The van der Waals surface area contributed by atoms with Gasteiger partial charge in [0, 0.05) is 46.2 Å². The first kappa shape index (κ1) is 23.6. The number of anilines is 1. The van der Waals surface area contributed by atoms with Crippen LogP contribution in [0.5, 0.6) is 0 Å². The molecule has 5 aromatic rings. The summed E-state index contributed by atoms with van der Waals surface area (Å²) >= 11 is 6.29. The smallest absolute Gasteiger partial charge is 0.411 e. The second-order valence-corrected chi connectivity index (χ2v) is 9.47. The van der Waals surface area contributed by atoms with Gasteiger partial charge in [0.15, 0.2) is 6.20 Å². The predicted octanol–water partition coefficient (Wildman–Crippen LogP) is 4.20. The number of H-pyrrole nitrogens is 1. The molecule has 190 valence electrons. The summed E-state index contributed by atoms with van der Waals surface area (Å²) in [6, 6.07) is 14.5. The number of nitrogens with one attached hydrogen (secondary N) is 1. The molecule has 11 nitrogen and oxygen atoms in total. The number of rotatable bonds is 5. The van der Waals surface area contributed by atoms with Crippen LogP contribution in [-0.4, -0.2) is 48.4 Å². The Morgan fingerprint density at radius 1 is 1.21 bits per heavy atom. The van der Waals surface area contributed by atoms with E-state index in [1.54, 1.807) is 36.7 Å². The lowest BCUT2D eigenvalue weighted by atomic mass is 10.0. The van der Waals surface area contributed by atoms with Gasteiger partial charge < -0.3 is 15.3 Å². The topological polar surface area (TPSA) is 140 Å². The van der Waals surface area contributed by atoms with Crippen molar-refractivity contribution in [1.29, 1.82) is 0 Å². The number of hydrogen-bond donors (Lipinski definition) is 2. The fourth-order valence-electron chi connectivity index (χ4n) is 4.90. The van der Waals surface area contributed by atoms with Gasteiger partial charge >= 0.3 is 6.09 Å². The lowest BCUT2D eigenvalue weighted by Gasteiger charge is -2.13. The van der Waals surface area contributed by atoms with Crippen LogP contribution in [0.2, 0.25) is 5.02 Å². The van der Waals surface area contributed by atoms with Crippen LogP contribution in [0.25, 0.3) is 28.1 Å². The number of benzene rings is 2.